The Kier molecular flexibility index (Phi) is 4.82. The molecule has 0 bridgehead atoms. The highest BCUT2D eigenvalue weighted by Crippen LogP contribution is 2.22. The highest BCUT2D eigenvalue weighted by molar-refractivity contribution is 7.89. The predicted octanol–water partition coefficient (Wildman–Crippen LogP) is 3.78. The molecule has 0 amide bonds. The number of rotatable bonds is 6. The fraction of sp³-hybridized carbons (Fsp3) is 0.0588. The third kappa shape index (κ3) is 3.86. The molecule has 1 aromatic heterocycles. The van der Waals surface area contributed by atoms with Gasteiger partial charge in [-0.3, -0.25) is 0 Å². The lowest BCUT2D eigenvalue weighted by atomic mass is 10.3. The van der Waals surface area contributed by atoms with Crippen LogP contribution in [0.4, 0.5) is 14.5 Å². The first-order valence-corrected chi connectivity index (χ1v) is 8.73. The highest BCUT2D eigenvalue weighted by Gasteiger charge is 2.26. The zero-order valence-corrected chi connectivity index (χ0v) is 13.7. The first-order chi connectivity index (χ1) is 12.0. The van der Waals surface area contributed by atoms with E-state index in [1.165, 1.54) is 18.4 Å². The van der Waals surface area contributed by atoms with E-state index in [0.717, 1.165) is 16.5 Å². The van der Waals surface area contributed by atoms with Crippen molar-refractivity contribution in [3.8, 4) is 0 Å². The molecular formula is C17H14F2N2O3S. The van der Waals surface area contributed by atoms with Crippen molar-refractivity contribution in [2.45, 2.75) is 11.4 Å². The standard InChI is InChI=1S/C17H14F2N2O3S/c18-13-8-9-17(16(19)11-13)20-21(12-14-5-4-10-24-14)25(22,23)15-6-2-1-3-7-15/h1-11,20H,12H2. The second-order valence-corrected chi connectivity index (χ2v) is 7.00. The number of hydrogen-bond acceptors (Lipinski definition) is 4. The molecule has 0 radical (unpaired) electrons. The Balaban J connectivity index is 1.97. The van der Waals surface area contributed by atoms with Crippen LogP contribution in [-0.2, 0) is 16.6 Å². The van der Waals surface area contributed by atoms with Gasteiger partial charge in [-0.2, -0.15) is 0 Å². The molecule has 0 fully saturated rings. The van der Waals surface area contributed by atoms with E-state index in [9.17, 15) is 17.2 Å². The molecule has 3 rings (SSSR count). The van der Waals surface area contributed by atoms with Gasteiger partial charge in [0.2, 0.25) is 0 Å². The van der Waals surface area contributed by atoms with Gasteiger partial charge in [0, 0.05) is 6.07 Å². The van der Waals surface area contributed by atoms with Crippen molar-refractivity contribution in [3.05, 3.63) is 84.3 Å². The first-order valence-electron chi connectivity index (χ1n) is 7.29. The van der Waals surface area contributed by atoms with Gasteiger partial charge in [0.15, 0.2) is 5.82 Å². The molecule has 0 atom stereocenters. The molecule has 3 aromatic rings. The summed E-state index contributed by atoms with van der Waals surface area (Å²) in [6.45, 7) is -0.180. The minimum Gasteiger partial charge on any atom is -0.468 e. The molecule has 0 aliphatic carbocycles. The van der Waals surface area contributed by atoms with E-state index >= 15 is 0 Å². The fourth-order valence-electron chi connectivity index (χ4n) is 2.16. The Morgan fingerprint density at radius 1 is 1.00 bits per heavy atom. The van der Waals surface area contributed by atoms with Crippen molar-refractivity contribution in [2.24, 2.45) is 0 Å². The van der Waals surface area contributed by atoms with Crippen molar-refractivity contribution in [3.63, 3.8) is 0 Å². The molecular weight excluding hydrogens is 350 g/mol. The Morgan fingerprint density at radius 2 is 1.76 bits per heavy atom. The molecule has 1 heterocycles. The molecule has 1 N–H and O–H groups in total. The maximum Gasteiger partial charge on any atom is 0.260 e. The van der Waals surface area contributed by atoms with Gasteiger partial charge in [-0.25, -0.2) is 17.2 Å². The maximum atomic E-state index is 13.9. The van der Waals surface area contributed by atoms with Crippen molar-refractivity contribution >= 4 is 15.7 Å². The maximum absolute atomic E-state index is 13.9. The van der Waals surface area contributed by atoms with Gasteiger partial charge in [-0.05, 0) is 36.4 Å². The quantitative estimate of drug-likeness (QED) is 0.676. The van der Waals surface area contributed by atoms with E-state index in [2.05, 4.69) is 5.43 Å². The van der Waals surface area contributed by atoms with Crippen LogP contribution < -0.4 is 5.43 Å². The molecule has 0 saturated heterocycles. The van der Waals surface area contributed by atoms with E-state index < -0.39 is 21.7 Å². The number of hydrazine groups is 1. The van der Waals surface area contributed by atoms with Crippen molar-refractivity contribution in [2.75, 3.05) is 5.43 Å². The predicted molar refractivity (Wildman–Crippen MR) is 87.9 cm³/mol. The average Bonchev–Trinajstić information content (AvgIpc) is 3.10. The van der Waals surface area contributed by atoms with E-state index in [1.807, 2.05) is 0 Å². The van der Waals surface area contributed by atoms with Gasteiger partial charge in [-0.15, -0.1) is 4.41 Å². The number of nitrogens with one attached hydrogen (secondary N) is 1. The third-order valence-electron chi connectivity index (χ3n) is 3.39. The van der Waals surface area contributed by atoms with Crippen LogP contribution >= 0.6 is 0 Å². The largest absolute Gasteiger partial charge is 0.468 e. The highest BCUT2D eigenvalue weighted by atomic mass is 32.2. The smallest absolute Gasteiger partial charge is 0.260 e. The first kappa shape index (κ1) is 17.1. The Hall–Kier alpha value is -2.71. The van der Waals surface area contributed by atoms with Gasteiger partial charge in [-0.1, -0.05) is 18.2 Å². The van der Waals surface area contributed by atoms with E-state index in [0.29, 0.717) is 11.8 Å². The minimum atomic E-state index is -4.00. The Labute approximate surface area is 143 Å². The summed E-state index contributed by atoms with van der Waals surface area (Å²) in [6.07, 6.45) is 1.40. The van der Waals surface area contributed by atoms with Gasteiger partial charge >= 0.3 is 0 Å². The lowest BCUT2D eigenvalue weighted by Crippen LogP contribution is -2.36. The topological polar surface area (TPSA) is 62.6 Å². The number of halogens is 2. The van der Waals surface area contributed by atoms with Crippen LogP contribution in [0.15, 0.2) is 76.2 Å². The van der Waals surface area contributed by atoms with Crippen LogP contribution in [0.3, 0.4) is 0 Å². The van der Waals surface area contributed by atoms with Gasteiger partial charge in [0.05, 0.1) is 23.4 Å². The number of furan rings is 1. The minimum absolute atomic E-state index is 0.0246. The zero-order valence-electron chi connectivity index (χ0n) is 12.9. The SMILES string of the molecule is O=S(=O)(c1ccccc1)N(Cc1ccco1)Nc1ccc(F)cc1F. The second kappa shape index (κ2) is 7.04. The second-order valence-electron chi connectivity index (χ2n) is 5.14. The molecule has 0 spiro atoms. The van der Waals surface area contributed by atoms with Gasteiger partial charge < -0.3 is 9.84 Å². The number of hydrogen-bond donors (Lipinski definition) is 1. The molecule has 0 aliphatic heterocycles. The summed E-state index contributed by atoms with van der Waals surface area (Å²) in [6, 6.07) is 13.7. The summed E-state index contributed by atoms with van der Waals surface area (Å²) in [4.78, 5) is 0.0246. The van der Waals surface area contributed by atoms with Crippen LogP contribution in [-0.4, -0.2) is 12.8 Å². The molecule has 8 heteroatoms. The van der Waals surface area contributed by atoms with Crippen LogP contribution in [0.2, 0.25) is 0 Å². The monoisotopic (exact) mass is 364 g/mol. The van der Waals surface area contributed by atoms with Crippen molar-refractivity contribution in [1.82, 2.24) is 4.41 Å². The van der Waals surface area contributed by atoms with E-state index in [1.54, 1.807) is 30.3 Å². The zero-order chi connectivity index (χ0) is 17.9. The van der Waals surface area contributed by atoms with E-state index in [4.69, 9.17) is 4.42 Å². The molecule has 2 aromatic carbocycles. The number of anilines is 1. The van der Waals surface area contributed by atoms with Crippen LogP contribution in [0.5, 0.6) is 0 Å². The van der Waals surface area contributed by atoms with Gasteiger partial charge in [0.1, 0.15) is 11.6 Å². The van der Waals surface area contributed by atoms with Crippen LogP contribution in [0, 0.1) is 11.6 Å². The summed E-state index contributed by atoms with van der Waals surface area (Å²) in [7, 11) is -4.00. The summed E-state index contributed by atoms with van der Waals surface area (Å²) >= 11 is 0. The summed E-state index contributed by atoms with van der Waals surface area (Å²) in [5, 5.41) is 0. The molecule has 0 aliphatic rings. The van der Waals surface area contributed by atoms with E-state index in [-0.39, 0.29) is 17.1 Å². The Bertz CT molecular complexity index is 945. The molecule has 0 unspecified atom stereocenters. The van der Waals surface area contributed by atoms with Crippen molar-refractivity contribution < 1.29 is 21.6 Å². The van der Waals surface area contributed by atoms with Crippen LogP contribution in [0.1, 0.15) is 5.76 Å². The van der Waals surface area contributed by atoms with Crippen molar-refractivity contribution in [1.29, 1.82) is 0 Å². The lowest BCUT2D eigenvalue weighted by molar-refractivity contribution is 0.401. The average molecular weight is 364 g/mol. The molecule has 0 saturated carbocycles. The fourth-order valence-corrected chi connectivity index (χ4v) is 3.43. The number of benzene rings is 2. The number of nitrogens with zero attached hydrogens (tertiary/aromatic N) is 1. The lowest BCUT2D eigenvalue weighted by Gasteiger charge is -2.23. The summed E-state index contributed by atoms with van der Waals surface area (Å²) in [5.41, 5.74) is 2.32. The Morgan fingerprint density at radius 3 is 2.40 bits per heavy atom. The summed E-state index contributed by atoms with van der Waals surface area (Å²) < 4.78 is 58.8. The third-order valence-corrected chi connectivity index (χ3v) is 5.06. The van der Waals surface area contributed by atoms with Crippen LogP contribution in [0.25, 0.3) is 0 Å². The molecule has 130 valence electrons. The van der Waals surface area contributed by atoms with Gasteiger partial charge in [0.25, 0.3) is 10.0 Å². The normalized spacial score (nSPS) is 11.6. The molecule has 25 heavy (non-hydrogen) atoms. The summed E-state index contributed by atoms with van der Waals surface area (Å²) in [5.74, 6) is -1.31. The number of sulfonamides is 1. The molecule has 5 nitrogen and oxygen atoms in total.